The van der Waals surface area contributed by atoms with Crippen molar-refractivity contribution < 1.29 is 24.2 Å². The van der Waals surface area contributed by atoms with Crippen molar-refractivity contribution in [2.75, 3.05) is 19.8 Å². The average molecular weight is 421 g/mol. The molecule has 1 aliphatic heterocycles. The molecule has 6 heteroatoms. The predicted molar refractivity (Wildman–Crippen MR) is 119 cm³/mol. The second-order valence-corrected chi connectivity index (χ2v) is 7.12. The third kappa shape index (κ3) is 4.63. The lowest BCUT2D eigenvalue weighted by atomic mass is 9.95. The number of hydrogen-bond acceptors (Lipinski definition) is 5. The van der Waals surface area contributed by atoms with Crippen LogP contribution in [0.15, 0.2) is 66.8 Å². The fourth-order valence-corrected chi connectivity index (χ4v) is 3.55. The number of rotatable bonds is 9. The van der Waals surface area contributed by atoms with Gasteiger partial charge in [0.15, 0.2) is 0 Å². The number of Topliss-reactive ketones (excluding diaryl/α,β-unsaturated/α-hetero) is 1. The van der Waals surface area contributed by atoms with E-state index in [1.807, 2.05) is 13.8 Å². The molecule has 2 aromatic rings. The quantitative estimate of drug-likeness (QED) is 0.280. The largest absolute Gasteiger partial charge is 0.507 e. The number of nitrogens with zero attached hydrogens (tertiary/aromatic N) is 1. The van der Waals surface area contributed by atoms with Gasteiger partial charge in [0.2, 0.25) is 0 Å². The molecule has 162 valence electrons. The van der Waals surface area contributed by atoms with E-state index < -0.39 is 17.7 Å². The molecule has 0 saturated carbocycles. The van der Waals surface area contributed by atoms with E-state index in [4.69, 9.17) is 9.47 Å². The van der Waals surface area contributed by atoms with Crippen molar-refractivity contribution >= 4 is 17.4 Å². The van der Waals surface area contributed by atoms with Crippen LogP contribution in [0.25, 0.3) is 5.76 Å². The number of amides is 1. The fraction of sp³-hybridized carbons (Fsp3) is 0.280. The lowest BCUT2D eigenvalue weighted by molar-refractivity contribution is -0.139. The van der Waals surface area contributed by atoms with Gasteiger partial charge in [0.25, 0.3) is 11.7 Å². The lowest BCUT2D eigenvalue weighted by Crippen LogP contribution is -2.29. The zero-order chi connectivity index (χ0) is 22.4. The highest BCUT2D eigenvalue weighted by molar-refractivity contribution is 6.46. The molecule has 0 spiro atoms. The zero-order valence-corrected chi connectivity index (χ0v) is 17.8. The van der Waals surface area contributed by atoms with E-state index in [9.17, 15) is 14.7 Å². The van der Waals surface area contributed by atoms with Gasteiger partial charge in [0.05, 0.1) is 24.8 Å². The van der Waals surface area contributed by atoms with Crippen LogP contribution in [0.5, 0.6) is 11.5 Å². The first-order valence-corrected chi connectivity index (χ1v) is 10.4. The van der Waals surface area contributed by atoms with Crippen LogP contribution in [0.2, 0.25) is 0 Å². The minimum Gasteiger partial charge on any atom is -0.507 e. The Morgan fingerprint density at radius 3 is 2.23 bits per heavy atom. The van der Waals surface area contributed by atoms with Gasteiger partial charge in [-0.15, -0.1) is 6.58 Å². The number of carbonyl (C=O) groups is 2. The van der Waals surface area contributed by atoms with E-state index in [2.05, 4.69) is 6.58 Å². The van der Waals surface area contributed by atoms with Crippen LogP contribution in [-0.2, 0) is 9.59 Å². The zero-order valence-electron chi connectivity index (χ0n) is 17.8. The maximum Gasteiger partial charge on any atom is 0.295 e. The molecule has 1 atom stereocenters. The standard InChI is InChI=1S/C25H27NO5/c1-4-15-26-22(17-7-11-19(12-8-17)30-6-3)21(24(28)25(26)29)23(27)18-9-13-20(14-10-18)31-16-5-2/h4,7-14,22,27H,1,5-6,15-16H2,2-3H3/b23-21+. The van der Waals surface area contributed by atoms with E-state index in [0.717, 1.165) is 6.42 Å². The first-order chi connectivity index (χ1) is 15.0. The molecule has 0 bridgehead atoms. The van der Waals surface area contributed by atoms with Crippen molar-refractivity contribution in [2.24, 2.45) is 0 Å². The summed E-state index contributed by atoms with van der Waals surface area (Å²) in [5.74, 6) is -0.234. The van der Waals surface area contributed by atoms with E-state index in [1.54, 1.807) is 54.6 Å². The summed E-state index contributed by atoms with van der Waals surface area (Å²) < 4.78 is 11.1. The Kier molecular flexibility index (Phi) is 7.13. The first-order valence-electron chi connectivity index (χ1n) is 10.4. The Labute approximate surface area is 182 Å². The van der Waals surface area contributed by atoms with Crippen molar-refractivity contribution in [1.82, 2.24) is 4.90 Å². The third-order valence-corrected chi connectivity index (χ3v) is 4.97. The van der Waals surface area contributed by atoms with E-state index >= 15 is 0 Å². The van der Waals surface area contributed by atoms with Crippen molar-refractivity contribution in [3.63, 3.8) is 0 Å². The smallest absolute Gasteiger partial charge is 0.295 e. The normalized spacial score (nSPS) is 17.6. The number of benzene rings is 2. The lowest BCUT2D eigenvalue weighted by Gasteiger charge is -2.24. The summed E-state index contributed by atoms with van der Waals surface area (Å²) in [4.78, 5) is 27.0. The van der Waals surface area contributed by atoms with Crippen LogP contribution < -0.4 is 9.47 Å². The number of likely N-dealkylation sites (tertiary alicyclic amines) is 1. The van der Waals surface area contributed by atoms with Gasteiger partial charge in [-0.1, -0.05) is 25.1 Å². The molecule has 1 amide bonds. The molecule has 1 fully saturated rings. The van der Waals surface area contributed by atoms with Gasteiger partial charge in [-0.05, 0) is 55.3 Å². The second kappa shape index (κ2) is 9.98. The Hall–Kier alpha value is -3.54. The van der Waals surface area contributed by atoms with E-state index in [0.29, 0.717) is 35.8 Å². The van der Waals surface area contributed by atoms with E-state index in [1.165, 1.54) is 4.90 Å². The summed E-state index contributed by atoms with van der Waals surface area (Å²) in [6.45, 7) is 8.92. The minimum atomic E-state index is -0.718. The predicted octanol–water partition coefficient (Wildman–Crippen LogP) is 4.48. The molecule has 6 nitrogen and oxygen atoms in total. The molecular weight excluding hydrogens is 394 g/mol. The van der Waals surface area contributed by atoms with Crippen molar-refractivity contribution in [2.45, 2.75) is 26.3 Å². The van der Waals surface area contributed by atoms with Gasteiger partial charge in [0.1, 0.15) is 17.3 Å². The Morgan fingerprint density at radius 1 is 1.03 bits per heavy atom. The molecule has 1 heterocycles. The Bertz CT molecular complexity index is 976. The molecule has 0 aliphatic carbocycles. The van der Waals surface area contributed by atoms with Gasteiger partial charge in [-0.2, -0.15) is 0 Å². The monoisotopic (exact) mass is 421 g/mol. The van der Waals surface area contributed by atoms with Gasteiger partial charge < -0.3 is 19.5 Å². The molecule has 1 N–H and O–H groups in total. The molecular formula is C25H27NO5. The van der Waals surface area contributed by atoms with Crippen LogP contribution in [-0.4, -0.2) is 41.5 Å². The number of hydrogen-bond donors (Lipinski definition) is 1. The summed E-state index contributed by atoms with van der Waals surface area (Å²) in [7, 11) is 0. The van der Waals surface area contributed by atoms with Crippen molar-refractivity contribution in [3.8, 4) is 11.5 Å². The summed E-state index contributed by atoms with van der Waals surface area (Å²) in [6, 6.07) is 13.3. The van der Waals surface area contributed by atoms with E-state index in [-0.39, 0.29) is 17.9 Å². The SMILES string of the molecule is C=CCN1C(=O)C(=O)/C(=C(/O)c2ccc(OCCC)cc2)C1c1ccc(OCC)cc1. The van der Waals surface area contributed by atoms with Gasteiger partial charge in [-0.3, -0.25) is 9.59 Å². The molecule has 1 unspecified atom stereocenters. The van der Waals surface area contributed by atoms with Crippen molar-refractivity contribution in [3.05, 3.63) is 77.9 Å². The summed E-state index contributed by atoms with van der Waals surface area (Å²) in [6.07, 6.45) is 2.45. The van der Waals surface area contributed by atoms with Gasteiger partial charge in [0, 0.05) is 12.1 Å². The maximum absolute atomic E-state index is 12.9. The van der Waals surface area contributed by atoms with Crippen LogP contribution in [0.4, 0.5) is 0 Å². The second-order valence-electron chi connectivity index (χ2n) is 7.12. The molecule has 2 aromatic carbocycles. The van der Waals surface area contributed by atoms with Crippen LogP contribution >= 0.6 is 0 Å². The summed E-state index contributed by atoms with van der Waals surface area (Å²) in [5, 5.41) is 11.0. The van der Waals surface area contributed by atoms with Crippen LogP contribution in [0.3, 0.4) is 0 Å². The fourth-order valence-electron chi connectivity index (χ4n) is 3.55. The van der Waals surface area contributed by atoms with Crippen LogP contribution in [0.1, 0.15) is 37.4 Å². The van der Waals surface area contributed by atoms with Crippen LogP contribution in [0, 0.1) is 0 Å². The number of aliphatic hydroxyl groups excluding tert-OH is 1. The van der Waals surface area contributed by atoms with Crippen molar-refractivity contribution in [1.29, 1.82) is 0 Å². The average Bonchev–Trinajstić information content (AvgIpc) is 3.03. The molecule has 0 radical (unpaired) electrons. The highest BCUT2D eigenvalue weighted by atomic mass is 16.5. The molecule has 31 heavy (non-hydrogen) atoms. The molecule has 0 aromatic heterocycles. The van der Waals surface area contributed by atoms with Gasteiger partial charge in [-0.25, -0.2) is 0 Å². The number of carbonyl (C=O) groups excluding carboxylic acids is 2. The molecule has 1 saturated heterocycles. The Morgan fingerprint density at radius 2 is 1.65 bits per heavy atom. The Balaban J connectivity index is 2.04. The topological polar surface area (TPSA) is 76.1 Å². The number of ether oxygens (including phenoxy) is 2. The number of aliphatic hydroxyl groups is 1. The molecule has 1 aliphatic rings. The minimum absolute atomic E-state index is 0.0539. The first kappa shape index (κ1) is 22.2. The highest BCUT2D eigenvalue weighted by Crippen LogP contribution is 2.39. The van der Waals surface area contributed by atoms with Gasteiger partial charge >= 0.3 is 0 Å². The maximum atomic E-state index is 12.9. The summed E-state index contributed by atoms with van der Waals surface area (Å²) >= 11 is 0. The number of ketones is 1. The molecule has 3 rings (SSSR count). The highest BCUT2D eigenvalue weighted by Gasteiger charge is 2.45. The summed E-state index contributed by atoms with van der Waals surface area (Å²) in [5.41, 5.74) is 1.20. The third-order valence-electron chi connectivity index (χ3n) is 4.97.